The monoisotopic (exact) mass is 281 g/mol. The molecule has 0 aliphatic rings. The lowest BCUT2D eigenvalue weighted by Crippen LogP contribution is -2.00. The Morgan fingerprint density at radius 3 is 2.95 bits per heavy atom. The molecular weight excluding hydrogens is 266 g/mol. The molecule has 0 bridgehead atoms. The van der Waals surface area contributed by atoms with E-state index >= 15 is 0 Å². The number of hydrogen-bond acceptors (Lipinski definition) is 5. The Kier molecular flexibility index (Phi) is 3.96. The SMILES string of the molecule is CCCc1nccn1-c1sc([C@@H](C)O)cc1[N+](=O)[O-]. The summed E-state index contributed by atoms with van der Waals surface area (Å²) < 4.78 is 1.73. The van der Waals surface area contributed by atoms with E-state index in [1.54, 1.807) is 23.9 Å². The molecule has 1 atom stereocenters. The van der Waals surface area contributed by atoms with E-state index in [4.69, 9.17) is 0 Å². The molecule has 0 fully saturated rings. The maximum atomic E-state index is 11.1. The number of rotatable bonds is 5. The number of thiophene rings is 1. The third-order valence-electron chi connectivity index (χ3n) is 2.73. The van der Waals surface area contributed by atoms with E-state index in [1.807, 2.05) is 6.92 Å². The van der Waals surface area contributed by atoms with E-state index in [0.717, 1.165) is 18.7 Å². The van der Waals surface area contributed by atoms with Crippen molar-refractivity contribution in [1.29, 1.82) is 0 Å². The van der Waals surface area contributed by atoms with Crippen molar-refractivity contribution in [2.45, 2.75) is 32.8 Å². The summed E-state index contributed by atoms with van der Waals surface area (Å²) in [5.74, 6) is 0.796. The van der Waals surface area contributed by atoms with Crippen LogP contribution in [0.15, 0.2) is 18.5 Å². The minimum Gasteiger partial charge on any atom is -0.388 e. The van der Waals surface area contributed by atoms with Gasteiger partial charge in [-0.25, -0.2) is 4.98 Å². The molecule has 1 N–H and O–H groups in total. The van der Waals surface area contributed by atoms with E-state index < -0.39 is 11.0 Å². The average molecular weight is 281 g/mol. The molecule has 0 aromatic carbocycles. The highest BCUT2D eigenvalue weighted by Crippen LogP contribution is 2.36. The van der Waals surface area contributed by atoms with Crippen LogP contribution in [0, 0.1) is 10.1 Å². The summed E-state index contributed by atoms with van der Waals surface area (Å²) in [6.07, 6.45) is 4.31. The van der Waals surface area contributed by atoms with Gasteiger partial charge in [0.05, 0.1) is 11.0 Å². The van der Waals surface area contributed by atoms with Gasteiger partial charge < -0.3 is 5.11 Å². The third kappa shape index (κ3) is 2.66. The second-order valence-corrected chi connectivity index (χ2v) is 5.30. The molecule has 102 valence electrons. The molecule has 2 heterocycles. The minimum atomic E-state index is -0.712. The normalized spacial score (nSPS) is 12.6. The Hall–Kier alpha value is -1.73. The Morgan fingerprint density at radius 1 is 1.63 bits per heavy atom. The largest absolute Gasteiger partial charge is 0.388 e. The van der Waals surface area contributed by atoms with Crippen molar-refractivity contribution in [2.24, 2.45) is 0 Å². The van der Waals surface area contributed by atoms with Gasteiger partial charge in [0.15, 0.2) is 5.00 Å². The molecule has 0 aliphatic carbocycles. The Morgan fingerprint density at radius 2 is 2.37 bits per heavy atom. The summed E-state index contributed by atoms with van der Waals surface area (Å²) in [5.41, 5.74) is 0.0104. The molecule has 0 aliphatic heterocycles. The topological polar surface area (TPSA) is 81.2 Å². The lowest BCUT2D eigenvalue weighted by Gasteiger charge is -2.03. The van der Waals surface area contributed by atoms with E-state index in [0.29, 0.717) is 9.88 Å². The number of nitro groups is 1. The first-order chi connectivity index (χ1) is 9.04. The molecule has 2 aromatic rings. The van der Waals surface area contributed by atoms with Gasteiger partial charge in [0, 0.05) is 29.8 Å². The Labute approximate surface area is 114 Å². The molecule has 7 heteroatoms. The van der Waals surface area contributed by atoms with Crippen molar-refractivity contribution >= 4 is 17.0 Å². The molecule has 0 spiro atoms. The average Bonchev–Trinajstić information content (AvgIpc) is 2.94. The molecule has 19 heavy (non-hydrogen) atoms. The van der Waals surface area contributed by atoms with Gasteiger partial charge in [-0.1, -0.05) is 6.92 Å². The Bertz CT molecular complexity index is 589. The van der Waals surface area contributed by atoms with Crippen molar-refractivity contribution in [3.63, 3.8) is 0 Å². The summed E-state index contributed by atoms with van der Waals surface area (Å²) in [6, 6.07) is 1.43. The van der Waals surface area contributed by atoms with Crippen LogP contribution in [0.25, 0.3) is 5.00 Å². The highest BCUT2D eigenvalue weighted by Gasteiger charge is 2.23. The number of nitrogens with zero attached hydrogens (tertiary/aromatic N) is 3. The van der Waals surface area contributed by atoms with Crippen molar-refractivity contribution in [2.75, 3.05) is 0 Å². The highest BCUT2D eigenvalue weighted by atomic mass is 32.1. The second kappa shape index (κ2) is 5.50. The quantitative estimate of drug-likeness (QED) is 0.675. The van der Waals surface area contributed by atoms with E-state index in [1.165, 1.54) is 17.4 Å². The van der Waals surface area contributed by atoms with Gasteiger partial charge in [-0.3, -0.25) is 14.7 Å². The summed E-state index contributed by atoms with van der Waals surface area (Å²) in [6.45, 7) is 3.63. The first-order valence-electron chi connectivity index (χ1n) is 6.03. The lowest BCUT2D eigenvalue weighted by molar-refractivity contribution is -0.384. The number of hydrogen-bond donors (Lipinski definition) is 1. The van der Waals surface area contributed by atoms with Gasteiger partial charge in [0.2, 0.25) is 0 Å². The molecule has 0 radical (unpaired) electrons. The fourth-order valence-corrected chi connectivity index (χ4v) is 2.89. The molecule has 6 nitrogen and oxygen atoms in total. The minimum absolute atomic E-state index is 0.0104. The van der Waals surface area contributed by atoms with Gasteiger partial charge in [-0.05, 0) is 13.3 Å². The summed E-state index contributed by atoms with van der Waals surface area (Å²) in [5, 5.41) is 21.2. The second-order valence-electron chi connectivity index (χ2n) is 4.24. The fraction of sp³-hybridized carbons (Fsp3) is 0.417. The summed E-state index contributed by atoms with van der Waals surface area (Å²) in [7, 11) is 0. The molecular formula is C12H15N3O3S. The smallest absolute Gasteiger partial charge is 0.304 e. The van der Waals surface area contributed by atoms with Crippen LogP contribution in [-0.2, 0) is 6.42 Å². The van der Waals surface area contributed by atoms with Gasteiger partial charge in [0.25, 0.3) is 0 Å². The summed E-state index contributed by atoms with van der Waals surface area (Å²) in [4.78, 5) is 15.5. The van der Waals surface area contributed by atoms with E-state index in [-0.39, 0.29) is 5.69 Å². The zero-order valence-electron chi connectivity index (χ0n) is 10.7. The molecule has 0 saturated heterocycles. The van der Waals surface area contributed by atoms with Crippen molar-refractivity contribution in [3.05, 3.63) is 39.3 Å². The van der Waals surface area contributed by atoms with Crippen molar-refractivity contribution in [1.82, 2.24) is 9.55 Å². The van der Waals surface area contributed by atoms with Crippen LogP contribution in [0.3, 0.4) is 0 Å². The molecule has 2 aromatic heterocycles. The number of aryl methyl sites for hydroxylation is 1. The van der Waals surface area contributed by atoms with Crippen molar-refractivity contribution in [3.8, 4) is 5.00 Å². The summed E-state index contributed by atoms with van der Waals surface area (Å²) >= 11 is 1.22. The zero-order chi connectivity index (χ0) is 14.0. The molecule has 0 saturated carbocycles. The van der Waals surface area contributed by atoms with E-state index in [2.05, 4.69) is 4.98 Å². The molecule has 0 amide bonds. The predicted molar refractivity (Wildman–Crippen MR) is 72.7 cm³/mol. The standard InChI is InChI=1S/C12H15N3O3S/c1-3-4-11-13-5-6-14(11)12-9(15(17)18)7-10(19-12)8(2)16/h5-8,16H,3-4H2,1-2H3/t8-/m1/s1. The first kappa shape index (κ1) is 13.7. The highest BCUT2D eigenvalue weighted by molar-refractivity contribution is 7.15. The fourth-order valence-electron chi connectivity index (χ4n) is 1.83. The van der Waals surface area contributed by atoms with Gasteiger partial charge in [-0.2, -0.15) is 0 Å². The molecule has 2 rings (SSSR count). The molecule has 0 unspecified atom stereocenters. The number of aliphatic hydroxyl groups excluding tert-OH is 1. The van der Waals surface area contributed by atoms with E-state index in [9.17, 15) is 15.2 Å². The Balaban J connectivity index is 2.53. The lowest BCUT2D eigenvalue weighted by atomic mass is 10.3. The predicted octanol–water partition coefficient (Wildman–Crippen LogP) is 2.85. The van der Waals surface area contributed by atoms with Crippen LogP contribution < -0.4 is 0 Å². The zero-order valence-corrected chi connectivity index (χ0v) is 11.6. The maximum absolute atomic E-state index is 11.1. The van der Waals surface area contributed by atoms with Gasteiger partial charge >= 0.3 is 5.69 Å². The van der Waals surface area contributed by atoms with Crippen LogP contribution in [0.1, 0.15) is 37.1 Å². The third-order valence-corrected chi connectivity index (χ3v) is 4.02. The number of imidazole rings is 1. The maximum Gasteiger partial charge on any atom is 0.304 e. The van der Waals surface area contributed by atoms with Crippen LogP contribution >= 0.6 is 11.3 Å². The van der Waals surface area contributed by atoms with Crippen LogP contribution in [-0.4, -0.2) is 19.6 Å². The van der Waals surface area contributed by atoms with Crippen LogP contribution in [0.4, 0.5) is 5.69 Å². The van der Waals surface area contributed by atoms with Crippen molar-refractivity contribution < 1.29 is 10.0 Å². The van der Waals surface area contributed by atoms with Crippen LogP contribution in [0.5, 0.6) is 0 Å². The van der Waals surface area contributed by atoms with Gasteiger partial charge in [-0.15, -0.1) is 11.3 Å². The number of aromatic nitrogens is 2. The first-order valence-corrected chi connectivity index (χ1v) is 6.85. The number of aliphatic hydroxyl groups is 1. The van der Waals surface area contributed by atoms with Gasteiger partial charge in [0.1, 0.15) is 5.82 Å². The van der Waals surface area contributed by atoms with Crippen LogP contribution in [0.2, 0.25) is 0 Å².